The highest BCUT2D eigenvalue weighted by molar-refractivity contribution is 4.84. The third-order valence-electron chi connectivity index (χ3n) is 4.32. The molecule has 3 nitrogen and oxygen atoms in total. The van der Waals surface area contributed by atoms with Gasteiger partial charge < -0.3 is 14.8 Å². The van der Waals surface area contributed by atoms with E-state index in [0.29, 0.717) is 12.6 Å². The zero-order chi connectivity index (χ0) is 13.9. The smallest absolute Gasteiger partial charge is 0.0700 e. The summed E-state index contributed by atoms with van der Waals surface area (Å²) in [6.07, 6.45) is 8.07. The summed E-state index contributed by atoms with van der Waals surface area (Å²) in [5.41, 5.74) is 0. The Kier molecular flexibility index (Phi) is 9.48. The Balaban J connectivity index is 2.29. The van der Waals surface area contributed by atoms with E-state index in [1.54, 1.807) is 7.11 Å². The van der Waals surface area contributed by atoms with Gasteiger partial charge in [-0.25, -0.2) is 0 Å². The number of hydrogen-bond donors (Lipinski definition) is 1. The Morgan fingerprint density at radius 3 is 2.58 bits per heavy atom. The van der Waals surface area contributed by atoms with Gasteiger partial charge in [0, 0.05) is 19.8 Å². The summed E-state index contributed by atoms with van der Waals surface area (Å²) in [4.78, 5) is 0. The second-order valence-corrected chi connectivity index (χ2v) is 5.79. The predicted octanol–water partition coefficient (Wildman–Crippen LogP) is 3.23. The van der Waals surface area contributed by atoms with Gasteiger partial charge in [-0.2, -0.15) is 0 Å². The number of hydrogen-bond acceptors (Lipinski definition) is 3. The van der Waals surface area contributed by atoms with E-state index in [4.69, 9.17) is 9.47 Å². The molecule has 0 heterocycles. The SMILES string of the molecule is CCCC1CCC(NCC)C(CCOCCOC)C1. The zero-order valence-corrected chi connectivity index (χ0v) is 13.1. The molecule has 1 N–H and O–H groups in total. The maximum Gasteiger partial charge on any atom is 0.0700 e. The average Bonchev–Trinajstić information content (AvgIpc) is 2.42. The fraction of sp³-hybridized carbons (Fsp3) is 1.00. The van der Waals surface area contributed by atoms with Crippen molar-refractivity contribution in [3.05, 3.63) is 0 Å². The van der Waals surface area contributed by atoms with E-state index >= 15 is 0 Å². The molecule has 19 heavy (non-hydrogen) atoms. The van der Waals surface area contributed by atoms with Crippen molar-refractivity contribution in [2.45, 2.75) is 58.4 Å². The molecule has 114 valence electrons. The van der Waals surface area contributed by atoms with Gasteiger partial charge in [0.05, 0.1) is 13.2 Å². The van der Waals surface area contributed by atoms with Crippen LogP contribution in [0.1, 0.15) is 52.4 Å². The van der Waals surface area contributed by atoms with Crippen molar-refractivity contribution in [3.8, 4) is 0 Å². The zero-order valence-electron chi connectivity index (χ0n) is 13.1. The lowest BCUT2D eigenvalue weighted by atomic mass is 9.75. The molecule has 0 spiro atoms. The Morgan fingerprint density at radius 2 is 1.89 bits per heavy atom. The monoisotopic (exact) mass is 271 g/mol. The van der Waals surface area contributed by atoms with Crippen molar-refractivity contribution in [1.29, 1.82) is 0 Å². The average molecular weight is 271 g/mol. The van der Waals surface area contributed by atoms with Gasteiger partial charge in [-0.1, -0.05) is 26.7 Å². The quantitative estimate of drug-likeness (QED) is 0.619. The number of methoxy groups -OCH3 is 1. The van der Waals surface area contributed by atoms with Gasteiger partial charge in [0.25, 0.3) is 0 Å². The van der Waals surface area contributed by atoms with Crippen LogP contribution in [0.4, 0.5) is 0 Å². The standard InChI is InChI=1S/C16H33NO2/c1-4-6-14-7-8-16(17-5-2)15(13-14)9-10-19-12-11-18-3/h14-17H,4-13H2,1-3H3. The van der Waals surface area contributed by atoms with Crippen molar-refractivity contribution in [3.63, 3.8) is 0 Å². The third kappa shape index (κ3) is 6.73. The lowest BCUT2D eigenvalue weighted by Gasteiger charge is -2.36. The summed E-state index contributed by atoms with van der Waals surface area (Å²) in [6, 6.07) is 0.712. The molecule has 3 unspecified atom stereocenters. The molecule has 3 heteroatoms. The van der Waals surface area contributed by atoms with Crippen LogP contribution in [0.3, 0.4) is 0 Å². The van der Waals surface area contributed by atoms with E-state index < -0.39 is 0 Å². The molecule has 0 radical (unpaired) electrons. The number of nitrogens with one attached hydrogen (secondary N) is 1. The van der Waals surface area contributed by atoms with E-state index in [0.717, 1.165) is 31.6 Å². The minimum absolute atomic E-state index is 0.708. The van der Waals surface area contributed by atoms with Crippen molar-refractivity contribution >= 4 is 0 Å². The molecular formula is C16H33NO2. The Morgan fingerprint density at radius 1 is 1.05 bits per heavy atom. The highest BCUT2D eigenvalue weighted by Gasteiger charge is 2.29. The van der Waals surface area contributed by atoms with Gasteiger partial charge in [0.1, 0.15) is 0 Å². The summed E-state index contributed by atoms with van der Waals surface area (Å²) in [7, 11) is 1.72. The maximum atomic E-state index is 5.65. The minimum Gasteiger partial charge on any atom is -0.382 e. The Hall–Kier alpha value is -0.120. The molecular weight excluding hydrogens is 238 g/mol. The van der Waals surface area contributed by atoms with E-state index in [-0.39, 0.29) is 0 Å². The van der Waals surface area contributed by atoms with Crippen molar-refractivity contribution in [2.24, 2.45) is 11.8 Å². The molecule has 1 saturated carbocycles. The summed E-state index contributed by atoms with van der Waals surface area (Å²) < 4.78 is 10.7. The maximum absolute atomic E-state index is 5.65. The van der Waals surface area contributed by atoms with Crippen LogP contribution in [0.2, 0.25) is 0 Å². The topological polar surface area (TPSA) is 30.5 Å². The first-order valence-electron chi connectivity index (χ1n) is 8.11. The molecule has 1 aliphatic rings. The molecule has 0 amide bonds. The van der Waals surface area contributed by atoms with Gasteiger partial charge in [-0.15, -0.1) is 0 Å². The Bertz CT molecular complexity index is 211. The van der Waals surface area contributed by atoms with Crippen LogP contribution >= 0.6 is 0 Å². The van der Waals surface area contributed by atoms with Crippen LogP contribution in [-0.4, -0.2) is 39.5 Å². The molecule has 0 aromatic heterocycles. The van der Waals surface area contributed by atoms with Crippen LogP contribution in [0.25, 0.3) is 0 Å². The minimum atomic E-state index is 0.708. The molecule has 0 bridgehead atoms. The largest absolute Gasteiger partial charge is 0.382 e. The first-order valence-corrected chi connectivity index (χ1v) is 8.11. The summed E-state index contributed by atoms with van der Waals surface area (Å²) in [5, 5.41) is 3.67. The van der Waals surface area contributed by atoms with Gasteiger partial charge in [0.2, 0.25) is 0 Å². The lowest BCUT2D eigenvalue weighted by Crippen LogP contribution is -2.41. The molecule has 0 aliphatic heterocycles. The van der Waals surface area contributed by atoms with Crippen LogP contribution in [-0.2, 0) is 9.47 Å². The number of rotatable bonds is 10. The first-order chi connectivity index (χ1) is 9.31. The van der Waals surface area contributed by atoms with Crippen molar-refractivity contribution in [1.82, 2.24) is 5.32 Å². The van der Waals surface area contributed by atoms with Crippen LogP contribution in [0, 0.1) is 11.8 Å². The number of ether oxygens (including phenoxy) is 2. The van der Waals surface area contributed by atoms with Crippen LogP contribution in [0.5, 0.6) is 0 Å². The molecule has 3 atom stereocenters. The fourth-order valence-corrected chi connectivity index (χ4v) is 3.36. The van der Waals surface area contributed by atoms with E-state index in [9.17, 15) is 0 Å². The highest BCUT2D eigenvalue weighted by atomic mass is 16.5. The summed E-state index contributed by atoms with van der Waals surface area (Å²) in [6.45, 7) is 7.93. The molecule has 0 aromatic rings. The summed E-state index contributed by atoms with van der Waals surface area (Å²) >= 11 is 0. The lowest BCUT2D eigenvalue weighted by molar-refractivity contribution is 0.0543. The first kappa shape index (κ1) is 16.9. The third-order valence-corrected chi connectivity index (χ3v) is 4.32. The summed E-state index contributed by atoms with van der Waals surface area (Å²) in [5.74, 6) is 1.75. The normalized spacial score (nSPS) is 27.6. The predicted molar refractivity (Wildman–Crippen MR) is 80.5 cm³/mol. The molecule has 0 saturated heterocycles. The highest BCUT2D eigenvalue weighted by Crippen LogP contribution is 2.34. The fourth-order valence-electron chi connectivity index (χ4n) is 3.36. The molecule has 1 fully saturated rings. The van der Waals surface area contributed by atoms with Crippen molar-refractivity contribution in [2.75, 3.05) is 33.5 Å². The van der Waals surface area contributed by atoms with E-state index in [2.05, 4.69) is 19.2 Å². The van der Waals surface area contributed by atoms with Gasteiger partial charge in [0.15, 0.2) is 0 Å². The molecule has 0 aromatic carbocycles. The molecule has 1 aliphatic carbocycles. The molecule has 1 rings (SSSR count). The second kappa shape index (κ2) is 10.6. The van der Waals surface area contributed by atoms with Crippen LogP contribution in [0.15, 0.2) is 0 Å². The van der Waals surface area contributed by atoms with E-state index in [1.165, 1.54) is 38.5 Å². The van der Waals surface area contributed by atoms with Gasteiger partial charge in [-0.3, -0.25) is 0 Å². The van der Waals surface area contributed by atoms with Crippen LogP contribution < -0.4 is 5.32 Å². The second-order valence-electron chi connectivity index (χ2n) is 5.79. The van der Waals surface area contributed by atoms with Crippen molar-refractivity contribution < 1.29 is 9.47 Å². The van der Waals surface area contributed by atoms with Gasteiger partial charge in [-0.05, 0) is 44.1 Å². The van der Waals surface area contributed by atoms with E-state index in [1.807, 2.05) is 0 Å². The van der Waals surface area contributed by atoms with Gasteiger partial charge >= 0.3 is 0 Å². The Labute approximate surface area is 119 Å².